The predicted octanol–water partition coefficient (Wildman–Crippen LogP) is 4.86. The fourth-order valence-electron chi connectivity index (χ4n) is 2.49. The molecule has 0 fully saturated rings. The highest BCUT2D eigenvalue weighted by Crippen LogP contribution is 2.26. The van der Waals surface area contributed by atoms with Crippen LogP contribution in [0.5, 0.6) is 0 Å². The molecule has 0 radical (unpaired) electrons. The molecule has 0 spiro atoms. The molecule has 0 saturated carbocycles. The average Bonchev–Trinajstić information content (AvgIpc) is 2.42. The number of nitrogens with two attached hydrogens (primary N) is 1. The highest BCUT2D eigenvalue weighted by Gasteiger charge is 2.06. The molecule has 2 rings (SSSR count). The summed E-state index contributed by atoms with van der Waals surface area (Å²) in [5, 5.41) is 6.83. The van der Waals surface area contributed by atoms with Crippen LogP contribution in [0.3, 0.4) is 0 Å². The van der Waals surface area contributed by atoms with E-state index in [9.17, 15) is 0 Å². The van der Waals surface area contributed by atoms with Crippen LogP contribution in [0, 0.1) is 5.92 Å². The normalized spacial score (nSPS) is 12.2. The van der Waals surface area contributed by atoms with Crippen molar-refractivity contribution in [2.45, 2.75) is 33.2 Å². The Labute approximate surface area is 127 Å². The van der Waals surface area contributed by atoms with Crippen LogP contribution in [0.2, 0.25) is 0 Å². The molecule has 4 N–H and O–H groups in total. The van der Waals surface area contributed by atoms with Crippen molar-refractivity contribution in [1.82, 2.24) is 0 Å². The van der Waals surface area contributed by atoms with Gasteiger partial charge in [0.2, 0.25) is 0 Å². The van der Waals surface area contributed by atoms with Crippen LogP contribution in [0.4, 0.5) is 22.7 Å². The molecule has 0 aromatic heterocycles. The van der Waals surface area contributed by atoms with Gasteiger partial charge in [0.25, 0.3) is 0 Å². The van der Waals surface area contributed by atoms with E-state index in [4.69, 9.17) is 5.73 Å². The van der Waals surface area contributed by atoms with Gasteiger partial charge in [-0.1, -0.05) is 32.0 Å². The maximum absolute atomic E-state index is 6.14. The molecule has 0 amide bonds. The second-order valence-electron chi connectivity index (χ2n) is 5.97. The van der Waals surface area contributed by atoms with Crippen LogP contribution in [0.15, 0.2) is 48.5 Å². The van der Waals surface area contributed by atoms with Crippen molar-refractivity contribution in [3.05, 3.63) is 48.5 Å². The minimum Gasteiger partial charge on any atom is -0.397 e. The van der Waals surface area contributed by atoms with Gasteiger partial charge in [0.1, 0.15) is 0 Å². The number of nitrogens with one attached hydrogen (secondary N) is 2. The van der Waals surface area contributed by atoms with Crippen LogP contribution in [-0.2, 0) is 0 Å². The largest absolute Gasteiger partial charge is 0.397 e. The number of hydrogen-bond acceptors (Lipinski definition) is 3. The third-order valence-corrected chi connectivity index (χ3v) is 3.34. The molecule has 1 atom stereocenters. The lowest BCUT2D eigenvalue weighted by Crippen LogP contribution is -2.17. The smallest absolute Gasteiger partial charge is 0.0619 e. The van der Waals surface area contributed by atoms with Crippen molar-refractivity contribution in [3.63, 3.8) is 0 Å². The molecule has 112 valence electrons. The van der Waals surface area contributed by atoms with Crippen molar-refractivity contribution in [2.24, 2.45) is 5.92 Å². The van der Waals surface area contributed by atoms with Gasteiger partial charge in [-0.25, -0.2) is 0 Å². The monoisotopic (exact) mass is 283 g/mol. The molecule has 3 nitrogen and oxygen atoms in total. The van der Waals surface area contributed by atoms with E-state index in [1.165, 1.54) is 0 Å². The number of rotatable bonds is 6. The second kappa shape index (κ2) is 7.02. The Balaban J connectivity index is 2.04. The minimum absolute atomic E-state index is 0.442. The predicted molar refractivity (Wildman–Crippen MR) is 93.1 cm³/mol. The summed E-state index contributed by atoms with van der Waals surface area (Å²) in [6.07, 6.45) is 1.14. The van der Waals surface area contributed by atoms with E-state index in [1.807, 2.05) is 42.5 Å². The average molecular weight is 283 g/mol. The molecule has 3 heteroatoms. The van der Waals surface area contributed by atoms with Crippen molar-refractivity contribution in [2.75, 3.05) is 16.4 Å². The van der Waals surface area contributed by atoms with E-state index in [-0.39, 0.29) is 0 Å². The molecule has 0 aliphatic rings. The molecular weight excluding hydrogens is 258 g/mol. The van der Waals surface area contributed by atoms with E-state index < -0.39 is 0 Å². The number of anilines is 4. The van der Waals surface area contributed by atoms with Gasteiger partial charge in [-0.05, 0) is 49.6 Å². The third kappa shape index (κ3) is 4.71. The SMILES string of the molecule is CC(C)CC(C)Nc1ccc(Nc2ccccc2)c(N)c1. The minimum atomic E-state index is 0.442. The lowest BCUT2D eigenvalue weighted by Gasteiger charge is -2.18. The van der Waals surface area contributed by atoms with Gasteiger partial charge in [-0.3, -0.25) is 0 Å². The zero-order chi connectivity index (χ0) is 15.2. The summed E-state index contributed by atoms with van der Waals surface area (Å²) in [6, 6.07) is 16.6. The summed E-state index contributed by atoms with van der Waals surface area (Å²) in [5.41, 5.74) is 9.94. The number of benzene rings is 2. The first-order chi connectivity index (χ1) is 10.0. The molecule has 0 saturated heterocycles. The maximum Gasteiger partial charge on any atom is 0.0619 e. The molecule has 0 bridgehead atoms. The summed E-state index contributed by atoms with van der Waals surface area (Å²) < 4.78 is 0. The molecule has 2 aromatic rings. The standard InChI is InChI=1S/C18H25N3/c1-13(2)11-14(3)20-16-9-10-18(17(19)12-16)21-15-7-5-4-6-8-15/h4-10,12-14,20-21H,11,19H2,1-3H3. The van der Waals surface area contributed by atoms with E-state index in [0.29, 0.717) is 12.0 Å². The fourth-order valence-corrected chi connectivity index (χ4v) is 2.49. The van der Waals surface area contributed by atoms with Crippen molar-refractivity contribution < 1.29 is 0 Å². The highest BCUT2D eigenvalue weighted by atomic mass is 14.9. The van der Waals surface area contributed by atoms with Gasteiger partial charge in [0, 0.05) is 17.4 Å². The Morgan fingerprint density at radius 2 is 1.67 bits per heavy atom. The highest BCUT2D eigenvalue weighted by molar-refractivity contribution is 5.76. The molecule has 0 aliphatic carbocycles. The first kappa shape index (κ1) is 15.2. The number of nitrogen functional groups attached to an aromatic ring is 1. The van der Waals surface area contributed by atoms with E-state index in [1.54, 1.807) is 0 Å². The van der Waals surface area contributed by atoms with Crippen molar-refractivity contribution in [3.8, 4) is 0 Å². The van der Waals surface area contributed by atoms with Crippen LogP contribution >= 0.6 is 0 Å². The van der Waals surface area contributed by atoms with Gasteiger partial charge in [-0.2, -0.15) is 0 Å². The quantitative estimate of drug-likeness (QED) is 0.664. The van der Waals surface area contributed by atoms with Gasteiger partial charge in [0.05, 0.1) is 11.4 Å². The lowest BCUT2D eigenvalue weighted by atomic mass is 10.0. The molecule has 0 aliphatic heterocycles. The second-order valence-corrected chi connectivity index (χ2v) is 5.97. The molecule has 21 heavy (non-hydrogen) atoms. The third-order valence-electron chi connectivity index (χ3n) is 3.34. The fraction of sp³-hybridized carbons (Fsp3) is 0.333. The number of para-hydroxylation sites is 1. The molecule has 2 aromatic carbocycles. The summed E-state index contributed by atoms with van der Waals surface area (Å²) >= 11 is 0. The van der Waals surface area contributed by atoms with E-state index in [0.717, 1.165) is 29.2 Å². The van der Waals surface area contributed by atoms with Crippen LogP contribution in [0.1, 0.15) is 27.2 Å². The van der Waals surface area contributed by atoms with Crippen LogP contribution in [-0.4, -0.2) is 6.04 Å². The lowest BCUT2D eigenvalue weighted by molar-refractivity contribution is 0.540. The van der Waals surface area contributed by atoms with Gasteiger partial charge >= 0.3 is 0 Å². The zero-order valence-electron chi connectivity index (χ0n) is 13.1. The summed E-state index contributed by atoms with van der Waals surface area (Å²) in [4.78, 5) is 0. The topological polar surface area (TPSA) is 50.1 Å². The Morgan fingerprint density at radius 3 is 2.29 bits per heavy atom. The van der Waals surface area contributed by atoms with Gasteiger partial charge in [-0.15, -0.1) is 0 Å². The Bertz CT molecular complexity index is 564. The Morgan fingerprint density at radius 1 is 0.952 bits per heavy atom. The molecule has 1 unspecified atom stereocenters. The van der Waals surface area contributed by atoms with Crippen molar-refractivity contribution >= 4 is 22.7 Å². The first-order valence-corrected chi connectivity index (χ1v) is 7.52. The number of hydrogen-bond donors (Lipinski definition) is 3. The molecular formula is C18H25N3. The van der Waals surface area contributed by atoms with Gasteiger partial charge in [0.15, 0.2) is 0 Å². The maximum atomic E-state index is 6.14. The first-order valence-electron chi connectivity index (χ1n) is 7.52. The van der Waals surface area contributed by atoms with Gasteiger partial charge < -0.3 is 16.4 Å². The summed E-state index contributed by atoms with van der Waals surface area (Å²) in [5.74, 6) is 0.684. The van der Waals surface area contributed by atoms with Crippen molar-refractivity contribution in [1.29, 1.82) is 0 Å². The summed E-state index contributed by atoms with van der Waals surface area (Å²) in [6.45, 7) is 6.67. The Hall–Kier alpha value is -2.16. The molecule has 0 heterocycles. The van der Waals surface area contributed by atoms with Crippen LogP contribution in [0.25, 0.3) is 0 Å². The zero-order valence-corrected chi connectivity index (χ0v) is 13.1. The summed E-state index contributed by atoms with van der Waals surface area (Å²) in [7, 11) is 0. The Kier molecular flexibility index (Phi) is 5.09. The van der Waals surface area contributed by atoms with Crippen LogP contribution < -0.4 is 16.4 Å². The van der Waals surface area contributed by atoms with E-state index >= 15 is 0 Å². The van der Waals surface area contributed by atoms with E-state index in [2.05, 4.69) is 37.5 Å².